The molecule has 2 heterocycles. The average molecular weight is 237 g/mol. The van der Waals surface area contributed by atoms with Crippen molar-refractivity contribution in [1.82, 2.24) is 10.3 Å². The molecular weight excluding hydrogens is 226 g/mol. The van der Waals surface area contributed by atoms with E-state index in [2.05, 4.69) is 15.3 Å². The minimum atomic E-state index is -0.322. The molecule has 0 aliphatic carbocycles. The Hall–Kier alpha value is -1.69. The van der Waals surface area contributed by atoms with Gasteiger partial charge in [-0.05, 0) is 6.92 Å². The van der Waals surface area contributed by atoms with Crippen molar-refractivity contribution in [3.05, 3.63) is 28.4 Å². The van der Waals surface area contributed by atoms with Gasteiger partial charge in [-0.15, -0.1) is 11.3 Å². The van der Waals surface area contributed by atoms with Gasteiger partial charge in [-0.25, -0.2) is 9.78 Å². The van der Waals surface area contributed by atoms with E-state index in [9.17, 15) is 4.79 Å². The lowest BCUT2D eigenvalue weighted by atomic mass is 10.2. The maximum absolute atomic E-state index is 11.4. The van der Waals surface area contributed by atoms with Gasteiger partial charge in [0.2, 0.25) is 0 Å². The molecule has 0 bridgehead atoms. The van der Waals surface area contributed by atoms with E-state index in [1.165, 1.54) is 11.3 Å². The molecule has 0 amide bonds. The number of esters is 1. The van der Waals surface area contributed by atoms with Crippen molar-refractivity contribution < 1.29 is 9.53 Å². The van der Waals surface area contributed by atoms with E-state index >= 15 is 0 Å². The second-order valence-corrected chi connectivity index (χ2v) is 3.93. The normalized spacial score (nSPS) is 14.8. The lowest BCUT2D eigenvalue weighted by molar-refractivity contribution is -0.138. The standard InChI is InChI=1S/C10H11N3O2S/c1-2-15-10(14)7-5-12-8(13-6-7)9-11-3-4-16-9/h3-5H,2,6H2,1H3,(H,12,13). The quantitative estimate of drug-likeness (QED) is 0.795. The third-order valence-electron chi connectivity index (χ3n) is 1.96. The maximum Gasteiger partial charge on any atom is 0.337 e. The zero-order valence-electron chi connectivity index (χ0n) is 8.77. The highest BCUT2D eigenvalue weighted by Crippen LogP contribution is 2.09. The number of aromatic nitrogens is 1. The lowest BCUT2D eigenvalue weighted by Crippen LogP contribution is -2.26. The molecule has 0 saturated heterocycles. The van der Waals surface area contributed by atoms with Crippen molar-refractivity contribution in [3.8, 4) is 0 Å². The zero-order valence-corrected chi connectivity index (χ0v) is 9.58. The highest BCUT2D eigenvalue weighted by Gasteiger charge is 2.16. The molecule has 6 heteroatoms. The molecule has 0 spiro atoms. The number of hydrogen-bond donors (Lipinski definition) is 1. The number of amidine groups is 1. The third kappa shape index (κ3) is 2.27. The van der Waals surface area contributed by atoms with Crippen molar-refractivity contribution in [2.75, 3.05) is 13.2 Å². The molecule has 2 rings (SSSR count). The Morgan fingerprint density at radius 2 is 2.56 bits per heavy atom. The van der Waals surface area contributed by atoms with E-state index in [1.807, 2.05) is 5.38 Å². The fourth-order valence-electron chi connectivity index (χ4n) is 1.23. The molecule has 1 N–H and O–H groups in total. The maximum atomic E-state index is 11.4. The first-order chi connectivity index (χ1) is 7.81. The minimum Gasteiger partial charge on any atom is -0.463 e. The molecule has 1 aliphatic rings. The van der Waals surface area contributed by atoms with Crippen LogP contribution in [0.3, 0.4) is 0 Å². The van der Waals surface area contributed by atoms with Crippen molar-refractivity contribution >= 4 is 23.1 Å². The van der Waals surface area contributed by atoms with Crippen LogP contribution in [0, 0.1) is 0 Å². The van der Waals surface area contributed by atoms with Crippen LogP contribution in [-0.2, 0) is 9.53 Å². The van der Waals surface area contributed by atoms with Crippen LogP contribution in [0.1, 0.15) is 11.9 Å². The number of ether oxygens (including phenoxy) is 1. The molecule has 0 unspecified atom stereocenters. The van der Waals surface area contributed by atoms with Gasteiger partial charge in [0.05, 0.1) is 18.7 Å². The Labute approximate surface area is 96.9 Å². The number of aliphatic imine (C=N–C) groups is 1. The molecular formula is C10H11N3O2S. The Morgan fingerprint density at radius 3 is 3.12 bits per heavy atom. The summed E-state index contributed by atoms with van der Waals surface area (Å²) in [6.45, 7) is 2.49. The average Bonchev–Trinajstić information content (AvgIpc) is 2.83. The Morgan fingerprint density at radius 1 is 1.69 bits per heavy atom. The molecule has 1 aromatic heterocycles. The van der Waals surface area contributed by atoms with Crippen LogP contribution in [0.25, 0.3) is 0 Å². The van der Waals surface area contributed by atoms with Crippen LogP contribution in [0.15, 0.2) is 28.3 Å². The summed E-state index contributed by atoms with van der Waals surface area (Å²) in [5.41, 5.74) is 0.530. The number of nitrogens with one attached hydrogen (secondary N) is 1. The van der Waals surface area contributed by atoms with E-state index in [0.717, 1.165) is 5.01 Å². The summed E-state index contributed by atoms with van der Waals surface area (Å²) in [5.74, 6) is 0.375. The highest BCUT2D eigenvalue weighted by atomic mass is 32.1. The van der Waals surface area contributed by atoms with Gasteiger partial charge in [0.15, 0.2) is 10.8 Å². The van der Waals surface area contributed by atoms with Crippen LogP contribution in [0.5, 0.6) is 0 Å². The molecule has 1 aliphatic heterocycles. The van der Waals surface area contributed by atoms with Crippen LogP contribution in [0.2, 0.25) is 0 Å². The predicted molar refractivity (Wildman–Crippen MR) is 61.4 cm³/mol. The summed E-state index contributed by atoms with van der Waals surface area (Å²) < 4.78 is 4.88. The topological polar surface area (TPSA) is 63.6 Å². The van der Waals surface area contributed by atoms with Gasteiger partial charge in [0.25, 0.3) is 0 Å². The summed E-state index contributed by atoms with van der Waals surface area (Å²) in [6, 6.07) is 0. The molecule has 0 saturated carbocycles. The van der Waals surface area contributed by atoms with Gasteiger partial charge in [-0.3, -0.25) is 4.99 Å². The highest BCUT2D eigenvalue weighted by molar-refractivity contribution is 7.11. The zero-order chi connectivity index (χ0) is 11.4. The van der Waals surface area contributed by atoms with Crippen LogP contribution in [-0.4, -0.2) is 29.9 Å². The number of carbonyl (C=O) groups excluding carboxylic acids is 1. The summed E-state index contributed by atoms with van der Waals surface area (Å²) in [5, 5.41) is 5.64. The number of rotatable bonds is 3. The molecule has 0 radical (unpaired) electrons. The Kier molecular flexibility index (Phi) is 3.31. The predicted octanol–water partition coefficient (Wildman–Crippen LogP) is 0.940. The van der Waals surface area contributed by atoms with Crippen LogP contribution >= 0.6 is 11.3 Å². The molecule has 1 aromatic rings. The SMILES string of the molecule is CCOC(=O)C1=CNC(c2nccs2)=NC1. The second-order valence-electron chi connectivity index (χ2n) is 3.04. The largest absolute Gasteiger partial charge is 0.463 e. The molecule has 0 atom stereocenters. The van der Waals surface area contributed by atoms with Gasteiger partial charge in [0, 0.05) is 17.8 Å². The van der Waals surface area contributed by atoms with Crippen LogP contribution in [0.4, 0.5) is 0 Å². The van der Waals surface area contributed by atoms with Crippen molar-refractivity contribution in [2.24, 2.45) is 4.99 Å². The third-order valence-corrected chi connectivity index (χ3v) is 2.74. The first-order valence-corrected chi connectivity index (χ1v) is 5.76. The molecule has 0 fully saturated rings. The summed E-state index contributed by atoms with van der Waals surface area (Å²) in [6.07, 6.45) is 3.34. The van der Waals surface area contributed by atoms with Crippen molar-refractivity contribution in [1.29, 1.82) is 0 Å². The van der Waals surface area contributed by atoms with E-state index in [0.29, 0.717) is 24.6 Å². The number of thiazole rings is 1. The molecule has 5 nitrogen and oxygen atoms in total. The monoisotopic (exact) mass is 237 g/mol. The second kappa shape index (κ2) is 4.89. The Bertz CT molecular complexity index is 437. The number of carbonyl (C=O) groups is 1. The fraction of sp³-hybridized carbons (Fsp3) is 0.300. The summed E-state index contributed by atoms with van der Waals surface area (Å²) in [7, 11) is 0. The molecule has 84 valence electrons. The number of hydrogen-bond acceptors (Lipinski definition) is 6. The first kappa shape index (κ1) is 10.8. The van der Waals surface area contributed by atoms with E-state index in [-0.39, 0.29) is 5.97 Å². The van der Waals surface area contributed by atoms with Crippen molar-refractivity contribution in [2.45, 2.75) is 6.92 Å². The van der Waals surface area contributed by atoms with E-state index in [1.54, 1.807) is 19.3 Å². The van der Waals surface area contributed by atoms with E-state index in [4.69, 9.17) is 4.74 Å². The van der Waals surface area contributed by atoms with E-state index < -0.39 is 0 Å². The smallest absolute Gasteiger partial charge is 0.337 e. The summed E-state index contributed by atoms with van der Waals surface area (Å²) >= 11 is 1.50. The molecule has 0 aromatic carbocycles. The lowest BCUT2D eigenvalue weighted by Gasteiger charge is -2.12. The first-order valence-electron chi connectivity index (χ1n) is 4.88. The van der Waals surface area contributed by atoms with Gasteiger partial charge in [0.1, 0.15) is 0 Å². The fourth-order valence-corrected chi connectivity index (χ4v) is 1.84. The van der Waals surface area contributed by atoms with Gasteiger partial charge in [-0.2, -0.15) is 0 Å². The van der Waals surface area contributed by atoms with Crippen molar-refractivity contribution in [3.63, 3.8) is 0 Å². The molecule has 16 heavy (non-hydrogen) atoms. The van der Waals surface area contributed by atoms with Gasteiger partial charge < -0.3 is 10.1 Å². The minimum absolute atomic E-state index is 0.322. The Balaban J connectivity index is 2.01. The van der Waals surface area contributed by atoms with Gasteiger partial charge in [-0.1, -0.05) is 0 Å². The van der Waals surface area contributed by atoms with Crippen LogP contribution < -0.4 is 5.32 Å². The number of nitrogens with zero attached hydrogens (tertiary/aromatic N) is 2. The summed E-state index contributed by atoms with van der Waals surface area (Å²) in [4.78, 5) is 19.7. The van der Waals surface area contributed by atoms with Gasteiger partial charge >= 0.3 is 5.97 Å².